The average Bonchev–Trinajstić information content (AvgIpc) is 2.91. The van der Waals surface area contributed by atoms with Crippen molar-refractivity contribution in [1.82, 2.24) is 0 Å². The van der Waals surface area contributed by atoms with Crippen LogP contribution < -0.4 is 5.32 Å². The molecule has 0 spiro atoms. The van der Waals surface area contributed by atoms with E-state index in [2.05, 4.69) is 0 Å². The van der Waals surface area contributed by atoms with E-state index in [0.717, 1.165) is 0 Å². The first kappa shape index (κ1) is 16.5. The van der Waals surface area contributed by atoms with Crippen LogP contribution in [0.4, 0.5) is 18.9 Å². The number of benzene rings is 1. The summed E-state index contributed by atoms with van der Waals surface area (Å²) in [6, 6.07) is 8.86. The number of carbonyl (C=O) groups excluding carboxylic acids is 2. The van der Waals surface area contributed by atoms with Gasteiger partial charge in [0.15, 0.2) is 5.76 Å². The van der Waals surface area contributed by atoms with E-state index < -0.39 is 12.1 Å². The monoisotopic (exact) mass is 323 g/mol. The minimum Gasteiger partial charge on any atom is -0.458 e. The van der Waals surface area contributed by atoms with Crippen LogP contribution in [0.25, 0.3) is 6.08 Å². The maximum atomic E-state index is 12.2. The zero-order valence-corrected chi connectivity index (χ0v) is 12.0. The van der Waals surface area contributed by atoms with Gasteiger partial charge in [-0.3, -0.25) is 9.59 Å². The second-order valence-corrected chi connectivity index (χ2v) is 4.69. The number of anilines is 1. The predicted molar refractivity (Wildman–Crippen MR) is 77.9 cm³/mol. The maximum Gasteiger partial charge on any atom is 0.471 e. The highest BCUT2D eigenvalue weighted by Crippen LogP contribution is 2.19. The van der Waals surface area contributed by atoms with Gasteiger partial charge in [0, 0.05) is 5.69 Å². The molecule has 1 aromatic heterocycles. The Labute approximate surface area is 129 Å². The number of halogens is 3. The highest BCUT2D eigenvalue weighted by molar-refractivity contribution is 6.05. The minimum absolute atomic E-state index is 0.0178. The first-order valence-electron chi connectivity index (χ1n) is 6.53. The summed E-state index contributed by atoms with van der Waals surface area (Å²) >= 11 is 0. The van der Waals surface area contributed by atoms with E-state index in [4.69, 9.17) is 4.42 Å². The molecule has 0 radical (unpaired) electrons. The first-order valence-corrected chi connectivity index (χ1v) is 6.53. The number of ketones is 1. The van der Waals surface area contributed by atoms with Crippen LogP contribution in [-0.4, -0.2) is 17.9 Å². The van der Waals surface area contributed by atoms with Crippen molar-refractivity contribution in [1.29, 1.82) is 0 Å². The first-order chi connectivity index (χ1) is 10.8. The van der Waals surface area contributed by atoms with Crippen molar-refractivity contribution in [2.45, 2.75) is 13.1 Å². The van der Waals surface area contributed by atoms with E-state index in [1.165, 1.54) is 36.4 Å². The Morgan fingerprint density at radius 3 is 2.52 bits per heavy atom. The van der Waals surface area contributed by atoms with Gasteiger partial charge in [0.1, 0.15) is 5.76 Å². The number of nitrogens with one attached hydrogen (secondary N) is 1. The lowest BCUT2D eigenvalue weighted by Gasteiger charge is -2.08. The molecule has 0 unspecified atom stereocenters. The molecule has 0 saturated heterocycles. The van der Waals surface area contributed by atoms with Gasteiger partial charge in [-0.25, -0.2) is 0 Å². The van der Waals surface area contributed by atoms with Crippen LogP contribution in [0.1, 0.15) is 21.9 Å². The van der Waals surface area contributed by atoms with E-state index >= 15 is 0 Å². The fourth-order valence-electron chi connectivity index (χ4n) is 1.74. The molecular formula is C16H12F3NO3. The smallest absolute Gasteiger partial charge is 0.458 e. The number of hydrogen-bond acceptors (Lipinski definition) is 3. The number of amides is 1. The molecule has 0 aliphatic carbocycles. The van der Waals surface area contributed by atoms with Gasteiger partial charge in [-0.05, 0) is 42.8 Å². The second kappa shape index (κ2) is 6.51. The van der Waals surface area contributed by atoms with Crippen molar-refractivity contribution in [3.05, 3.63) is 59.6 Å². The zero-order valence-electron chi connectivity index (χ0n) is 12.0. The van der Waals surface area contributed by atoms with Crippen molar-refractivity contribution in [2.24, 2.45) is 0 Å². The normalized spacial score (nSPS) is 11.7. The van der Waals surface area contributed by atoms with Gasteiger partial charge in [-0.2, -0.15) is 13.2 Å². The molecule has 2 rings (SSSR count). The number of hydrogen-bond donors (Lipinski definition) is 1. The molecule has 0 aliphatic heterocycles. The molecule has 0 aliphatic rings. The van der Waals surface area contributed by atoms with Gasteiger partial charge in [0.25, 0.3) is 0 Å². The quantitative estimate of drug-likeness (QED) is 0.684. The van der Waals surface area contributed by atoms with Crippen LogP contribution >= 0.6 is 0 Å². The summed E-state index contributed by atoms with van der Waals surface area (Å²) in [5.41, 5.74) is 0.442. The van der Waals surface area contributed by atoms with Gasteiger partial charge in [0.05, 0.1) is 0 Å². The van der Waals surface area contributed by atoms with Gasteiger partial charge in [-0.15, -0.1) is 0 Å². The Morgan fingerprint density at radius 1 is 1.17 bits per heavy atom. The molecule has 0 fully saturated rings. The van der Waals surface area contributed by atoms with Crippen molar-refractivity contribution >= 4 is 23.5 Å². The highest BCUT2D eigenvalue weighted by atomic mass is 19.4. The van der Waals surface area contributed by atoms with E-state index in [0.29, 0.717) is 11.3 Å². The summed E-state index contributed by atoms with van der Waals surface area (Å²) in [5.74, 6) is -1.66. The molecule has 1 aromatic carbocycles. The molecule has 2 aromatic rings. The Kier molecular flexibility index (Phi) is 4.68. The van der Waals surface area contributed by atoms with Crippen LogP contribution in [0.5, 0.6) is 0 Å². The third kappa shape index (κ3) is 4.57. The van der Waals surface area contributed by atoms with Crippen LogP contribution in [0.3, 0.4) is 0 Å². The third-order valence-corrected chi connectivity index (χ3v) is 2.81. The highest BCUT2D eigenvalue weighted by Gasteiger charge is 2.38. The van der Waals surface area contributed by atoms with Crippen LogP contribution in [-0.2, 0) is 4.79 Å². The number of allylic oxidation sites excluding steroid dienone is 1. The lowest BCUT2D eigenvalue weighted by Crippen LogP contribution is -2.29. The predicted octanol–water partition coefficient (Wildman–Crippen LogP) is 3.98. The van der Waals surface area contributed by atoms with Gasteiger partial charge >= 0.3 is 12.1 Å². The Balaban J connectivity index is 2.09. The number of carbonyl (C=O) groups is 2. The van der Waals surface area contributed by atoms with Gasteiger partial charge in [-0.1, -0.05) is 18.2 Å². The van der Waals surface area contributed by atoms with E-state index in [1.54, 1.807) is 24.4 Å². The van der Waals surface area contributed by atoms with Crippen LogP contribution in [0, 0.1) is 6.92 Å². The number of furan rings is 1. The molecule has 1 amide bonds. The van der Waals surface area contributed by atoms with E-state index in [-0.39, 0.29) is 17.2 Å². The minimum atomic E-state index is -4.96. The molecule has 0 atom stereocenters. The molecule has 120 valence electrons. The number of rotatable bonds is 4. The summed E-state index contributed by atoms with van der Waals surface area (Å²) in [6.07, 6.45) is -2.30. The molecule has 4 nitrogen and oxygen atoms in total. The fraction of sp³-hybridized carbons (Fsp3) is 0.125. The second-order valence-electron chi connectivity index (χ2n) is 4.69. The number of alkyl halides is 3. The molecule has 0 saturated carbocycles. The van der Waals surface area contributed by atoms with Crippen molar-refractivity contribution in [2.75, 3.05) is 5.32 Å². The van der Waals surface area contributed by atoms with E-state index in [1.807, 2.05) is 0 Å². The van der Waals surface area contributed by atoms with E-state index in [9.17, 15) is 22.8 Å². The lowest BCUT2D eigenvalue weighted by molar-refractivity contribution is -0.167. The van der Waals surface area contributed by atoms with Gasteiger partial charge < -0.3 is 9.73 Å². The molecule has 0 bridgehead atoms. The van der Waals surface area contributed by atoms with Crippen LogP contribution in [0.15, 0.2) is 46.9 Å². The largest absolute Gasteiger partial charge is 0.471 e. The standard InChI is InChI=1S/C16H12F3NO3/c1-10-5-8-14(23-10)13(21)7-6-11-3-2-4-12(9-11)20-15(22)16(17,18)19/h2-9H,1H3,(H,20,22). The molecule has 1 N–H and O–H groups in total. The fourth-order valence-corrected chi connectivity index (χ4v) is 1.74. The van der Waals surface area contributed by atoms with Crippen molar-refractivity contribution < 1.29 is 27.2 Å². The van der Waals surface area contributed by atoms with Gasteiger partial charge in [0.2, 0.25) is 5.78 Å². The Bertz CT molecular complexity index is 760. The molecule has 1 heterocycles. The molecule has 7 heteroatoms. The average molecular weight is 323 g/mol. The summed E-state index contributed by atoms with van der Waals surface area (Å²) in [4.78, 5) is 22.7. The summed E-state index contributed by atoms with van der Waals surface area (Å²) in [5, 5.41) is 1.74. The zero-order chi connectivity index (χ0) is 17.0. The lowest BCUT2D eigenvalue weighted by atomic mass is 10.1. The Morgan fingerprint density at radius 2 is 1.91 bits per heavy atom. The SMILES string of the molecule is Cc1ccc(C(=O)C=Cc2cccc(NC(=O)C(F)(F)F)c2)o1. The number of aryl methyl sites for hydroxylation is 1. The third-order valence-electron chi connectivity index (χ3n) is 2.81. The Hall–Kier alpha value is -2.83. The molecule has 23 heavy (non-hydrogen) atoms. The van der Waals surface area contributed by atoms with Crippen molar-refractivity contribution in [3.8, 4) is 0 Å². The van der Waals surface area contributed by atoms with Crippen molar-refractivity contribution in [3.63, 3.8) is 0 Å². The molecular weight excluding hydrogens is 311 g/mol. The summed E-state index contributed by atoms with van der Waals surface area (Å²) in [7, 11) is 0. The summed E-state index contributed by atoms with van der Waals surface area (Å²) in [6.45, 7) is 1.70. The maximum absolute atomic E-state index is 12.2. The summed E-state index contributed by atoms with van der Waals surface area (Å²) < 4.78 is 41.8. The van der Waals surface area contributed by atoms with Crippen LogP contribution in [0.2, 0.25) is 0 Å². The topological polar surface area (TPSA) is 59.3 Å².